The number of hydrogen-bond acceptors (Lipinski definition) is 4. The van der Waals surface area contributed by atoms with Crippen LogP contribution in [0.2, 0.25) is 0 Å². The summed E-state index contributed by atoms with van der Waals surface area (Å²) in [5.41, 5.74) is 1.26. The fourth-order valence-corrected chi connectivity index (χ4v) is 3.23. The molecule has 1 aromatic rings. The zero-order valence-corrected chi connectivity index (χ0v) is 12.2. The van der Waals surface area contributed by atoms with Crippen LogP contribution in [0, 0.1) is 0 Å². The zero-order valence-electron chi connectivity index (χ0n) is 12.2. The summed E-state index contributed by atoms with van der Waals surface area (Å²) in [6, 6.07) is 8.89. The first-order valence-corrected chi connectivity index (χ1v) is 7.39. The molecule has 3 rings (SSSR count). The molecule has 0 aromatic heterocycles. The maximum atomic E-state index is 5.99. The van der Waals surface area contributed by atoms with Gasteiger partial charge in [0.15, 0.2) is 5.79 Å². The smallest absolute Gasteiger partial charge is 0.171 e. The topological polar surface area (TPSA) is 39.7 Å². The van der Waals surface area contributed by atoms with Crippen LogP contribution < -0.4 is 10.1 Å². The fraction of sp³-hybridized carbons (Fsp3) is 0.625. The highest BCUT2D eigenvalue weighted by Gasteiger charge is 2.42. The third-order valence-electron chi connectivity index (χ3n) is 4.16. The molecule has 4 heteroatoms. The SMILES string of the molecule is COc1ccc([C@@H]2CC3(C[C@H](C)N2)OCCCO3)cc1. The summed E-state index contributed by atoms with van der Waals surface area (Å²) in [5, 5.41) is 3.64. The Morgan fingerprint density at radius 1 is 1.15 bits per heavy atom. The molecule has 110 valence electrons. The Bertz CT molecular complexity index is 440. The number of rotatable bonds is 2. The lowest BCUT2D eigenvalue weighted by Crippen LogP contribution is -2.53. The van der Waals surface area contributed by atoms with Gasteiger partial charge in [0.25, 0.3) is 0 Å². The van der Waals surface area contributed by atoms with Crippen LogP contribution in [0.25, 0.3) is 0 Å². The van der Waals surface area contributed by atoms with Crippen LogP contribution >= 0.6 is 0 Å². The predicted molar refractivity (Wildman–Crippen MR) is 76.8 cm³/mol. The van der Waals surface area contributed by atoms with Crippen molar-refractivity contribution < 1.29 is 14.2 Å². The number of piperidine rings is 1. The Morgan fingerprint density at radius 2 is 1.85 bits per heavy atom. The van der Waals surface area contributed by atoms with E-state index in [1.54, 1.807) is 7.11 Å². The minimum absolute atomic E-state index is 0.266. The van der Waals surface area contributed by atoms with E-state index in [4.69, 9.17) is 14.2 Å². The molecule has 2 atom stereocenters. The van der Waals surface area contributed by atoms with E-state index < -0.39 is 5.79 Å². The van der Waals surface area contributed by atoms with E-state index >= 15 is 0 Å². The van der Waals surface area contributed by atoms with Gasteiger partial charge in [-0.1, -0.05) is 12.1 Å². The summed E-state index contributed by atoms with van der Waals surface area (Å²) in [7, 11) is 1.69. The molecule has 0 saturated carbocycles. The van der Waals surface area contributed by atoms with Gasteiger partial charge in [0.2, 0.25) is 0 Å². The van der Waals surface area contributed by atoms with Crippen molar-refractivity contribution in [2.45, 2.75) is 44.1 Å². The Morgan fingerprint density at radius 3 is 2.50 bits per heavy atom. The van der Waals surface area contributed by atoms with Crippen LogP contribution in [-0.2, 0) is 9.47 Å². The van der Waals surface area contributed by atoms with E-state index in [1.165, 1.54) is 5.56 Å². The number of ether oxygens (including phenoxy) is 3. The average molecular weight is 277 g/mol. The van der Waals surface area contributed by atoms with Gasteiger partial charge in [-0.15, -0.1) is 0 Å². The van der Waals surface area contributed by atoms with Crippen molar-refractivity contribution in [1.82, 2.24) is 5.32 Å². The average Bonchev–Trinajstić information content (AvgIpc) is 2.47. The number of methoxy groups -OCH3 is 1. The lowest BCUT2D eigenvalue weighted by molar-refractivity contribution is -0.286. The quantitative estimate of drug-likeness (QED) is 0.902. The molecule has 1 spiro atoms. The highest BCUT2D eigenvalue weighted by atomic mass is 16.7. The molecule has 2 aliphatic heterocycles. The standard InChI is InChI=1S/C16H23NO3/c1-12-10-16(19-8-3-9-20-16)11-15(17-12)13-4-6-14(18-2)7-5-13/h4-7,12,15,17H,3,8-11H2,1-2H3/t12-,15-/m0/s1. The first kappa shape index (κ1) is 13.9. The monoisotopic (exact) mass is 277 g/mol. The lowest BCUT2D eigenvalue weighted by Gasteiger charge is -2.45. The van der Waals surface area contributed by atoms with Crippen molar-refractivity contribution in [3.63, 3.8) is 0 Å². The second-order valence-corrected chi connectivity index (χ2v) is 5.76. The van der Waals surface area contributed by atoms with E-state index in [0.29, 0.717) is 6.04 Å². The molecular formula is C16H23NO3. The van der Waals surface area contributed by atoms with Crippen molar-refractivity contribution in [3.8, 4) is 5.75 Å². The van der Waals surface area contributed by atoms with Crippen LogP contribution in [0.15, 0.2) is 24.3 Å². The largest absolute Gasteiger partial charge is 0.497 e. The van der Waals surface area contributed by atoms with E-state index in [2.05, 4.69) is 24.4 Å². The van der Waals surface area contributed by atoms with Gasteiger partial charge >= 0.3 is 0 Å². The van der Waals surface area contributed by atoms with Crippen LogP contribution in [0.3, 0.4) is 0 Å². The van der Waals surface area contributed by atoms with E-state index in [1.807, 2.05) is 12.1 Å². The van der Waals surface area contributed by atoms with E-state index in [-0.39, 0.29) is 6.04 Å². The van der Waals surface area contributed by atoms with Crippen LogP contribution in [0.5, 0.6) is 5.75 Å². The highest BCUT2D eigenvalue weighted by molar-refractivity contribution is 5.29. The second kappa shape index (κ2) is 5.72. The van der Waals surface area contributed by atoms with Gasteiger partial charge in [0, 0.05) is 24.9 Å². The molecule has 0 unspecified atom stereocenters. The summed E-state index contributed by atoms with van der Waals surface area (Å²) >= 11 is 0. The van der Waals surface area contributed by atoms with Gasteiger partial charge in [0.05, 0.1) is 20.3 Å². The fourth-order valence-electron chi connectivity index (χ4n) is 3.23. The zero-order chi connectivity index (χ0) is 14.0. The van der Waals surface area contributed by atoms with Crippen LogP contribution in [0.4, 0.5) is 0 Å². The van der Waals surface area contributed by atoms with E-state index in [9.17, 15) is 0 Å². The van der Waals surface area contributed by atoms with Gasteiger partial charge < -0.3 is 19.5 Å². The molecule has 2 heterocycles. The van der Waals surface area contributed by atoms with Crippen molar-refractivity contribution >= 4 is 0 Å². The molecule has 0 aliphatic carbocycles. The van der Waals surface area contributed by atoms with Crippen molar-refractivity contribution in [2.24, 2.45) is 0 Å². The molecular weight excluding hydrogens is 254 g/mol. The third-order valence-corrected chi connectivity index (χ3v) is 4.16. The molecule has 1 aromatic carbocycles. The minimum atomic E-state index is -0.395. The normalized spacial score (nSPS) is 29.3. The maximum absolute atomic E-state index is 5.99. The van der Waals surface area contributed by atoms with Crippen molar-refractivity contribution in [2.75, 3.05) is 20.3 Å². The van der Waals surface area contributed by atoms with Crippen LogP contribution in [0.1, 0.15) is 37.8 Å². The Balaban J connectivity index is 1.77. The molecule has 0 radical (unpaired) electrons. The Hall–Kier alpha value is -1.10. The van der Waals surface area contributed by atoms with Gasteiger partial charge in [-0.05, 0) is 31.0 Å². The molecule has 2 saturated heterocycles. The van der Waals surface area contributed by atoms with Gasteiger partial charge in [0.1, 0.15) is 5.75 Å². The second-order valence-electron chi connectivity index (χ2n) is 5.76. The number of benzene rings is 1. The predicted octanol–water partition coefficient (Wildman–Crippen LogP) is 2.64. The summed E-state index contributed by atoms with van der Waals surface area (Å²) < 4.78 is 17.2. The molecule has 2 fully saturated rings. The minimum Gasteiger partial charge on any atom is -0.497 e. The van der Waals surface area contributed by atoms with E-state index in [0.717, 1.165) is 38.2 Å². The first-order valence-electron chi connectivity index (χ1n) is 7.39. The molecule has 4 nitrogen and oxygen atoms in total. The number of hydrogen-bond donors (Lipinski definition) is 1. The van der Waals surface area contributed by atoms with Crippen LogP contribution in [-0.4, -0.2) is 32.2 Å². The first-order chi connectivity index (χ1) is 9.71. The molecule has 0 bridgehead atoms. The summed E-state index contributed by atoms with van der Waals surface area (Å²) in [6.45, 7) is 3.81. The van der Waals surface area contributed by atoms with Gasteiger partial charge in [-0.3, -0.25) is 0 Å². The molecule has 2 aliphatic rings. The third kappa shape index (κ3) is 2.82. The highest BCUT2D eigenvalue weighted by Crippen LogP contribution is 2.38. The summed E-state index contributed by atoms with van der Waals surface area (Å²) in [4.78, 5) is 0. The van der Waals surface area contributed by atoms with Gasteiger partial charge in [-0.25, -0.2) is 0 Å². The van der Waals surface area contributed by atoms with Gasteiger partial charge in [-0.2, -0.15) is 0 Å². The molecule has 0 amide bonds. The molecule has 1 N–H and O–H groups in total. The lowest BCUT2D eigenvalue weighted by atomic mass is 9.88. The summed E-state index contributed by atoms with van der Waals surface area (Å²) in [5.74, 6) is 0.491. The maximum Gasteiger partial charge on any atom is 0.171 e. The summed E-state index contributed by atoms with van der Waals surface area (Å²) in [6.07, 6.45) is 2.78. The Labute approximate surface area is 120 Å². The van der Waals surface area contributed by atoms with Crippen molar-refractivity contribution in [3.05, 3.63) is 29.8 Å². The Kier molecular flexibility index (Phi) is 3.96. The van der Waals surface area contributed by atoms with Crippen molar-refractivity contribution in [1.29, 1.82) is 0 Å². The molecule has 20 heavy (non-hydrogen) atoms. The number of nitrogens with one attached hydrogen (secondary N) is 1.